The highest BCUT2D eigenvalue weighted by molar-refractivity contribution is 6.06. The number of nitrogens with two attached hydrogens (primary N) is 1. The maximum Gasteiger partial charge on any atom is 0.325 e. The van der Waals surface area contributed by atoms with Crippen molar-refractivity contribution in [3.05, 3.63) is 30.1 Å². The van der Waals surface area contributed by atoms with Gasteiger partial charge in [0.25, 0.3) is 5.91 Å². The Labute approximate surface area is 174 Å². The number of anilines is 1. The minimum atomic E-state index is -0.894. The lowest BCUT2D eigenvalue weighted by Gasteiger charge is -2.15. The normalized spacial score (nSPS) is 15.1. The van der Waals surface area contributed by atoms with Crippen molar-refractivity contribution in [2.75, 3.05) is 11.9 Å². The van der Waals surface area contributed by atoms with Crippen molar-refractivity contribution in [3.63, 3.8) is 0 Å². The zero-order valence-corrected chi connectivity index (χ0v) is 17.0. The van der Waals surface area contributed by atoms with Crippen LogP contribution in [0.2, 0.25) is 0 Å². The van der Waals surface area contributed by atoms with Crippen molar-refractivity contribution in [1.82, 2.24) is 25.4 Å². The largest absolute Gasteiger partial charge is 0.326 e. The summed E-state index contributed by atoms with van der Waals surface area (Å²) in [6, 6.07) is 6.69. The van der Waals surface area contributed by atoms with Crippen molar-refractivity contribution in [1.29, 1.82) is 0 Å². The van der Waals surface area contributed by atoms with E-state index in [0.717, 1.165) is 10.5 Å². The zero-order valence-electron chi connectivity index (χ0n) is 16.2. The molecule has 2 heterocycles. The maximum atomic E-state index is 12.1. The van der Waals surface area contributed by atoms with Gasteiger partial charge < -0.3 is 16.4 Å². The molecule has 2 aromatic rings. The molecule has 156 valence electrons. The molecular formula is C18H24ClN7O3. The van der Waals surface area contributed by atoms with Gasteiger partial charge in [-0.15, -0.1) is 12.4 Å². The molecule has 0 saturated carbocycles. The number of imide groups is 1. The number of nitrogens with one attached hydrogen (secondary N) is 3. The van der Waals surface area contributed by atoms with E-state index in [-0.39, 0.29) is 43.7 Å². The molecule has 5 N–H and O–H groups in total. The summed E-state index contributed by atoms with van der Waals surface area (Å²) >= 11 is 0. The number of aromatic nitrogens is 3. The number of carbonyl (C=O) groups is 3. The second-order valence-electron chi connectivity index (χ2n) is 7.05. The maximum absolute atomic E-state index is 12.1. The quantitative estimate of drug-likeness (QED) is 0.497. The number of benzene rings is 1. The molecule has 4 amide bonds. The van der Waals surface area contributed by atoms with E-state index in [9.17, 15) is 14.4 Å². The van der Waals surface area contributed by atoms with E-state index in [0.29, 0.717) is 23.8 Å². The van der Waals surface area contributed by atoms with Crippen molar-refractivity contribution in [2.45, 2.75) is 38.8 Å². The van der Waals surface area contributed by atoms with Crippen LogP contribution in [0.15, 0.2) is 24.3 Å². The van der Waals surface area contributed by atoms with Gasteiger partial charge in [0.2, 0.25) is 5.91 Å². The summed E-state index contributed by atoms with van der Waals surface area (Å²) in [4.78, 5) is 41.4. The molecule has 11 heteroatoms. The Kier molecular flexibility index (Phi) is 6.93. The summed E-state index contributed by atoms with van der Waals surface area (Å²) in [5.74, 6) is 0.663. The van der Waals surface area contributed by atoms with Gasteiger partial charge in [-0.3, -0.25) is 19.6 Å². The van der Waals surface area contributed by atoms with Gasteiger partial charge in [-0.25, -0.2) is 9.78 Å². The first-order valence-corrected chi connectivity index (χ1v) is 8.96. The van der Waals surface area contributed by atoms with E-state index in [4.69, 9.17) is 5.73 Å². The third kappa shape index (κ3) is 5.09. The van der Waals surface area contributed by atoms with Crippen LogP contribution in [-0.4, -0.2) is 50.0 Å². The van der Waals surface area contributed by atoms with E-state index >= 15 is 0 Å². The summed E-state index contributed by atoms with van der Waals surface area (Å²) in [6.07, 6.45) is 0.582. The highest BCUT2D eigenvalue weighted by atomic mass is 35.5. The summed E-state index contributed by atoms with van der Waals surface area (Å²) in [7, 11) is 0. The number of urea groups is 1. The van der Waals surface area contributed by atoms with Crippen molar-refractivity contribution < 1.29 is 14.4 Å². The summed E-state index contributed by atoms with van der Waals surface area (Å²) < 4.78 is 0. The Hall–Kier alpha value is -2.98. The lowest BCUT2D eigenvalue weighted by atomic mass is 10.1. The lowest BCUT2D eigenvalue weighted by Crippen LogP contribution is -2.40. The number of rotatable bonds is 7. The fourth-order valence-electron chi connectivity index (χ4n) is 2.86. The van der Waals surface area contributed by atoms with E-state index in [1.165, 1.54) is 0 Å². The fraction of sp³-hybridized carbons (Fsp3) is 0.389. The van der Waals surface area contributed by atoms with Crippen molar-refractivity contribution in [2.24, 2.45) is 5.73 Å². The highest BCUT2D eigenvalue weighted by Crippen LogP contribution is 2.19. The van der Waals surface area contributed by atoms with Gasteiger partial charge in [0, 0.05) is 24.2 Å². The monoisotopic (exact) mass is 421 g/mol. The van der Waals surface area contributed by atoms with Crippen molar-refractivity contribution >= 4 is 35.9 Å². The molecule has 1 aromatic heterocycles. The lowest BCUT2D eigenvalue weighted by molar-refractivity contribution is -0.130. The van der Waals surface area contributed by atoms with Crippen LogP contribution in [0.3, 0.4) is 0 Å². The molecule has 1 fully saturated rings. The molecule has 1 aliphatic rings. The number of aromatic amines is 1. The average molecular weight is 422 g/mol. The third-order valence-corrected chi connectivity index (χ3v) is 4.38. The first-order chi connectivity index (χ1) is 13.3. The van der Waals surface area contributed by atoms with Crippen LogP contribution in [0.1, 0.15) is 32.5 Å². The number of H-pyrrole nitrogens is 1. The first kappa shape index (κ1) is 22.3. The molecule has 10 nitrogen and oxygen atoms in total. The van der Waals surface area contributed by atoms with E-state index in [1.807, 2.05) is 0 Å². The second kappa shape index (κ2) is 9.01. The Morgan fingerprint density at radius 1 is 1.24 bits per heavy atom. The molecular weight excluding hydrogens is 398 g/mol. The van der Waals surface area contributed by atoms with Gasteiger partial charge in [0.15, 0.2) is 5.82 Å². The van der Waals surface area contributed by atoms with Gasteiger partial charge in [-0.1, -0.05) is 0 Å². The topological polar surface area (TPSA) is 146 Å². The van der Waals surface area contributed by atoms with E-state index in [2.05, 4.69) is 25.8 Å². The van der Waals surface area contributed by atoms with Crippen LogP contribution in [0.4, 0.5) is 10.5 Å². The number of amides is 4. The van der Waals surface area contributed by atoms with E-state index < -0.39 is 11.6 Å². The minimum Gasteiger partial charge on any atom is -0.326 e. The van der Waals surface area contributed by atoms with Crippen LogP contribution < -0.4 is 16.4 Å². The van der Waals surface area contributed by atoms with Crippen LogP contribution in [-0.2, 0) is 16.1 Å². The Bertz CT molecular complexity index is 895. The SMILES string of the molecule is CC1(C)NC(=O)N(CCCC(=O)Nc2ccc(-c3n[nH]c(CN)n3)cc2)C1=O.Cl. The third-order valence-electron chi connectivity index (χ3n) is 4.38. The number of halogens is 1. The molecule has 0 bridgehead atoms. The summed E-state index contributed by atoms with van der Waals surface area (Å²) in [5, 5.41) is 12.2. The van der Waals surface area contributed by atoms with Crippen LogP contribution in [0.25, 0.3) is 11.4 Å². The van der Waals surface area contributed by atoms with Crippen LogP contribution >= 0.6 is 12.4 Å². The smallest absolute Gasteiger partial charge is 0.325 e. The van der Waals surface area contributed by atoms with Gasteiger partial charge in [-0.2, -0.15) is 5.10 Å². The number of hydrogen-bond donors (Lipinski definition) is 4. The zero-order chi connectivity index (χ0) is 20.3. The van der Waals surface area contributed by atoms with Crippen LogP contribution in [0, 0.1) is 0 Å². The molecule has 1 aromatic carbocycles. The molecule has 0 atom stereocenters. The minimum absolute atomic E-state index is 0. The summed E-state index contributed by atoms with van der Waals surface area (Å²) in [5.41, 5.74) is 6.05. The number of nitrogens with zero attached hydrogens (tertiary/aromatic N) is 3. The Morgan fingerprint density at radius 3 is 2.48 bits per heavy atom. The molecule has 0 radical (unpaired) electrons. The number of carbonyl (C=O) groups excluding carboxylic acids is 3. The number of hydrogen-bond acceptors (Lipinski definition) is 6. The molecule has 1 aliphatic heterocycles. The van der Waals surface area contributed by atoms with E-state index in [1.54, 1.807) is 38.1 Å². The standard InChI is InChI=1S/C18H23N7O3.ClH/c1-18(2)16(27)25(17(28)22-18)9-3-4-14(26)20-12-7-5-11(6-8-12)15-21-13(10-19)23-24-15;/h5-8H,3-4,9-10,19H2,1-2H3,(H,20,26)(H,22,28)(H,21,23,24);1H. The molecule has 1 saturated heterocycles. The van der Waals surface area contributed by atoms with Crippen LogP contribution in [0.5, 0.6) is 0 Å². The highest BCUT2D eigenvalue weighted by Gasteiger charge is 2.43. The van der Waals surface area contributed by atoms with Gasteiger partial charge in [-0.05, 0) is 44.5 Å². The molecule has 0 unspecified atom stereocenters. The average Bonchev–Trinajstić information content (AvgIpc) is 3.20. The predicted octanol–water partition coefficient (Wildman–Crippen LogP) is 1.40. The van der Waals surface area contributed by atoms with Gasteiger partial charge in [0.05, 0.1) is 6.54 Å². The predicted molar refractivity (Wildman–Crippen MR) is 109 cm³/mol. The van der Waals surface area contributed by atoms with Gasteiger partial charge in [0.1, 0.15) is 11.4 Å². The Morgan fingerprint density at radius 2 is 1.93 bits per heavy atom. The molecule has 3 rings (SSSR count). The first-order valence-electron chi connectivity index (χ1n) is 8.96. The fourth-order valence-corrected chi connectivity index (χ4v) is 2.86. The second-order valence-corrected chi connectivity index (χ2v) is 7.05. The summed E-state index contributed by atoms with van der Waals surface area (Å²) in [6.45, 7) is 3.79. The van der Waals surface area contributed by atoms with Crippen molar-refractivity contribution in [3.8, 4) is 11.4 Å². The molecule has 29 heavy (non-hydrogen) atoms. The van der Waals surface area contributed by atoms with Gasteiger partial charge >= 0.3 is 6.03 Å². The molecule has 0 aliphatic carbocycles. The molecule has 0 spiro atoms. The Balaban J connectivity index is 0.00000300.